The maximum atomic E-state index is 11.0. The van der Waals surface area contributed by atoms with E-state index in [1.165, 1.54) is 6.07 Å². The zero-order valence-electron chi connectivity index (χ0n) is 10.4. The van der Waals surface area contributed by atoms with Crippen molar-refractivity contribution in [1.82, 2.24) is 0 Å². The number of aromatic carboxylic acids is 1. The maximum Gasteiger partial charge on any atom is 0.337 e. The van der Waals surface area contributed by atoms with Gasteiger partial charge in [-0.2, -0.15) is 0 Å². The summed E-state index contributed by atoms with van der Waals surface area (Å²) in [5, 5.41) is 12.1. The molecule has 5 heteroatoms. The lowest BCUT2D eigenvalue weighted by Crippen LogP contribution is -2.03. The minimum Gasteiger partial charge on any atom is -0.497 e. The number of hydrogen-bond acceptors (Lipinski definition) is 4. The Morgan fingerprint density at radius 3 is 2.63 bits per heavy atom. The molecule has 2 rings (SSSR count). The molecule has 0 amide bonds. The van der Waals surface area contributed by atoms with Gasteiger partial charge in [-0.15, -0.1) is 0 Å². The van der Waals surface area contributed by atoms with E-state index < -0.39 is 5.97 Å². The number of nitrogens with two attached hydrogens (primary N) is 1. The Kier molecular flexibility index (Phi) is 3.56. The molecule has 0 bridgehead atoms. The molecule has 0 saturated heterocycles. The Morgan fingerprint density at radius 2 is 1.95 bits per heavy atom. The molecule has 0 spiro atoms. The number of benzene rings is 2. The Labute approximate surface area is 110 Å². The Morgan fingerprint density at radius 1 is 1.21 bits per heavy atom. The van der Waals surface area contributed by atoms with E-state index in [1.807, 2.05) is 24.3 Å². The molecule has 0 aromatic heterocycles. The van der Waals surface area contributed by atoms with Gasteiger partial charge in [-0.1, -0.05) is 6.07 Å². The summed E-state index contributed by atoms with van der Waals surface area (Å²) in [4.78, 5) is 11.0. The molecule has 0 unspecified atom stereocenters. The zero-order chi connectivity index (χ0) is 13.8. The van der Waals surface area contributed by atoms with Crippen LogP contribution >= 0.6 is 0 Å². The molecule has 0 aliphatic carbocycles. The molecule has 0 heterocycles. The lowest BCUT2D eigenvalue weighted by atomic mass is 10.1. The third-order valence-corrected chi connectivity index (χ3v) is 2.64. The highest BCUT2D eigenvalue weighted by Crippen LogP contribution is 2.24. The van der Waals surface area contributed by atoms with Crippen molar-refractivity contribution < 1.29 is 14.6 Å². The van der Waals surface area contributed by atoms with Gasteiger partial charge in [0.25, 0.3) is 0 Å². The van der Waals surface area contributed by atoms with Gasteiger partial charge in [0.1, 0.15) is 5.75 Å². The molecule has 2 aromatic carbocycles. The van der Waals surface area contributed by atoms with E-state index in [0.29, 0.717) is 5.69 Å². The smallest absolute Gasteiger partial charge is 0.337 e. The lowest BCUT2D eigenvalue weighted by Gasteiger charge is -2.09. The summed E-state index contributed by atoms with van der Waals surface area (Å²) in [5.74, 6) is -0.328. The number of ether oxygens (including phenoxy) is 1. The van der Waals surface area contributed by atoms with Gasteiger partial charge in [-0.05, 0) is 30.3 Å². The first-order chi connectivity index (χ1) is 9.10. The highest BCUT2D eigenvalue weighted by molar-refractivity contribution is 5.95. The van der Waals surface area contributed by atoms with E-state index in [-0.39, 0.29) is 11.3 Å². The van der Waals surface area contributed by atoms with E-state index in [2.05, 4.69) is 5.32 Å². The lowest BCUT2D eigenvalue weighted by molar-refractivity contribution is 0.0698. The normalized spacial score (nSPS) is 9.95. The molecular formula is C14H14N2O3. The SMILES string of the molecule is COc1cccc(Nc2ccc(N)c(C(=O)O)c2)c1. The van der Waals surface area contributed by atoms with Crippen molar-refractivity contribution in [3.8, 4) is 5.75 Å². The fourth-order valence-electron chi connectivity index (χ4n) is 1.69. The van der Waals surface area contributed by atoms with Crippen LogP contribution in [0.2, 0.25) is 0 Å². The van der Waals surface area contributed by atoms with Crippen molar-refractivity contribution in [2.24, 2.45) is 0 Å². The minimum atomic E-state index is -1.05. The van der Waals surface area contributed by atoms with Crippen LogP contribution in [-0.4, -0.2) is 18.2 Å². The van der Waals surface area contributed by atoms with Gasteiger partial charge in [0.15, 0.2) is 0 Å². The molecule has 4 N–H and O–H groups in total. The van der Waals surface area contributed by atoms with Crippen LogP contribution < -0.4 is 15.8 Å². The highest BCUT2D eigenvalue weighted by Gasteiger charge is 2.08. The summed E-state index contributed by atoms with van der Waals surface area (Å²) in [5.41, 5.74) is 7.38. The van der Waals surface area contributed by atoms with Crippen LogP contribution in [0, 0.1) is 0 Å². The molecule has 5 nitrogen and oxygen atoms in total. The molecule has 0 aliphatic rings. The van der Waals surface area contributed by atoms with Crippen molar-refractivity contribution in [3.05, 3.63) is 48.0 Å². The van der Waals surface area contributed by atoms with Gasteiger partial charge >= 0.3 is 5.97 Å². The van der Waals surface area contributed by atoms with Gasteiger partial charge < -0.3 is 20.9 Å². The summed E-state index contributed by atoms with van der Waals surface area (Å²) in [6.07, 6.45) is 0. The van der Waals surface area contributed by atoms with Crippen LogP contribution in [0.1, 0.15) is 10.4 Å². The fraction of sp³-hybridized carbons (Fsp3) is 0.0714. The number of nitrogens with one attached hydrogen (secondary N) is 1. The Balaban J connectivity index is 2.28. The monoisotopic (exact) mass is 258 g/mol. The minimum absolute atomic E-state index is 0.0768. The summed E-state index contributed by atoms with van der Waals surface area (Å²) >= 11 is 0. The average Bonchev–Trinajstić information content (AvgIpc) is 2.41. The predicted molar refractivity (Wildman–Crippen MR) is 74.1 cm³/mol. The van der Waals surface area contributed by atoms with E-state index >= 15 is 0 Å². The molecule has 0 radical (unpaired) electrons. The third kappa shape index (κ3) is 2.95. The van der Waals surface area contributed by atoms with E-state index in [4.69, 9.17) is 15.6 Å². The number of nitrogen functional groups attached to an aromatic ring is 1. The zero-order valence-corrected chi connectivity index (χ0v) is 10.4. The maximum absolute atomic E-state index is 11.0. The topological polar surface area (TPSA) is 84.6 Å². The molecule has 2 aromatic rings. The van der Waals surface area contributed by atoms with E-state index in [9.17, 15) is 4.79 Å². The number of methoxy groups -OCH3 is 1. The van der Waals surface area contributed by atoms with Crippen molar-refractivity contribution >= 4 is 23.0 Å². The summed E-state index contributed by atoms with van der Waals surface area (Å²) in [6.45, 7) is 0. The number of anilines is 3. The van der Waals surface area contributed by atoms with Crippen molar-refractivity contribution in [2.45, 2.75) is 0 Å². The predicted octanol–water partition coefficient (Wildman–Crippen LogP) is 2.72. The molecular weight excluding hydrogens is 244 g/mol. The number of carbonyl (C=O) groups is 1. The number of hydrogen-bond donors (Lipinski definition) is 3. The second-order valence-corrected chi connectivity index (χ2v) is 3.96. The molecule has 0 atom stereocenters. The fourth-order valence-corrected chi connectivity index (χ4v) is 1.69. The van der Waals surface area contributed by atoms with Gasteiger partial charge in [0, 0.05) is 23.1 Å². The third-order valence-electron chi connectivity index (χ3n) is 2.64. The van der Waals surface area contributed by atoms with E-state index in [0.717, 1.165) is 11.4 Å². The highest BCUT2D eigenvalue weighted by atomic mass is 16.5. The van der Waals surface area contributed by atoms with Crippen molar-refractivity contribution in [3.63, 3.8) is 0 Å². The van der Waals surface area contributed by atoms with Crippen LogP contribution in [0.25, 0.3) is 0 Å². The van der Waals surface area contributed by atoms with Gasteiger partial charge in [0.2, 0.25) is 0 Å². The van der Waals surface area contributed by atoms with Crippen LogP contribution in [0.5, 0.6) is 5.75 Å². The standard InChI is InChI=1S/C14H14N2O3/c1-19-11-4-2-3-9(7-11)16-10-5-6-13(15)12(8-10)14(17)18/h2-8,16H,15H2,1H3,(H,17,18). The van der Waals surface area contributed by atoms with E-state index in [1.54, 1.807) is 19.2 Å². The quantitative estimate of drug-likeness (QED) is 0.734. The molecule has 0 fully saturated rings. The first kappa shape index (κ1) is 12.8. The average molecular weight is 258 g/mol. The number of carboxylic acid groups (broad SMARTS) is 1. The largest absolute Gasteiger partial charge is 0.497 e. The van der Waals surface area contributed by atoms with Crippen molar-refractivity contribution in [2.75, 3.05) is 18.2 Å². The van der Waals surface area contributed by atoms with Crippen LogP contribution in [-0.2, 0) is 0 Å². The summed E-state index contributed by atoms with van der Waals surface area (Å²) in [7, 11) is 1.59. The first-order valence-corrected chi connectivity index (χ1v) is 5.64. The second-order valence-electron chi connectivity index (χ2n) is 3.96. The number of carboxylic acids is 1. The van der Waals surface area contributed by atoms with Crippen LogP contribution in [0.3, 0.4) is 0 Å². The Hall–Kier alpha value is -2.69. The van der Waals surface area contributed by atoms with Gasteiger partial charge in [-0.25, -0.2) is 4.79 Å². The van der Waals surface area contributed by atoms with Crippen LogP contribution in [0.15, 0.2) is 42.5 Å². The molecule has 98 valence electrons. The summed E-state index contributed by atoms with van der Waals surface area (Å²) in [6, 6.07) is 12.1. The molecule has 0 saturated carbocycles. The van der Waals surface area contributed by atoms with Gasteiger partial charge in [0.05, 0.1) is 12.7 Å². The summed E-state index contributed by atoms with van der Waals surface area (Å²) < 4.78 is 5.12. The van der Waals surface area contributed by atoms with Crippen LogP contribution in [0.4, 0.5) is 17.1 Å². The van der Waals surface area contributed by atoms with Gasteiger partial charge in [-0.3, -0.25) is 0 Å². The number of rotatable bonds is 4. The molecule has 19 heavy (non-hydrogen) atoms. The van der Waals surface area contributed by atoms with Crippen molar-refractivity contribution in [1.29, 1.82) is 0 Å². The Bertz CT molecular complexity index is 611. The molecule has 0 aliphatic heterocycles. The second kappa shape index (κ2) is 5.30. The first-order valence-electron chi connectivity index (χ1n) is 5.64.